The van der Waals surface area contributed by atoms with Gasteiger partial charge in [-0.05, 0) is 54.3 Å². The van der Waals surface area contributed by atoms with E-state index in [-0.39, 0.29) is 29.5 Å². The molecule has 10 heteroatoms. The Balaban J connectivity index is 1.54. The quantitative estimate of drug-likeness (QED) is 0.690. The number of fused-ring (bicyclic) bond motifs is 1. The predicted molar refractivity (Wildman–Crippen MR) is 122 cm³/mol. The number of nitrogens with zero attached hydrogens (tertiary/aromatic N) is 3. The van der Waals surface area contributed by atoms with Gasteiger partial charge in [0.1, 0.15) is 5.75 Å². The molecule has 9 nitrogen and oxygen atoms in total. The molecule has 170 valence electrons. The lowest BCUT2D eigenvalue weighted by Crippen LogP contribution is -2.39. The number of sulfonamides is 1. The number of carbonyl (C=O) groups excluding carboxylic acids is 1. The van der Waals surface area contributed by atoms with Crippen LogP contribution < -0.4 is 20.7 Å². The number of hydrogen-bond acceptors (Lipinski definition) is 6. The smallest absolute Gasteiger partial charge is 0.321 e. The topological polar surface area (TPSA) is 117 Å². The SMILES string of the molecule is CCCNC(=O)N1CCc2cc(S(=O)(=O)N3C[C@H](c4ccc(OC)cc4)N=C3N)ccc21. The Morgan fingerprint density at radius 3 is 2.69 bits per heavy atom. The monoisotopic (exact) mass is 457 g/mol. The number of ether oxygens (including phenoxy) is 1. The first-order chi connectivity index (χ1) is 15.3. The number of amides is 2. The molecule has 0 saturated heterocycles. The molecule has 0 bridgehead atoms. The Hall–Kier alpha value is -3.27. The van der Waals surface area contributed by atoms with E-state index >= 15 is 0 Å². The normalized spacial score (nSPS) is 17.8. The van der Waals surface area contributed by atoms with Gasteiger partial charge in [-0.2, -0.15) is 0 Å². The Bertz CT molecular complexity index is 1150. The van der Waals surface area contributed by atoms with Crippen LogP contribution in [0.15, 0.2) is 52.4 Å². The number of nitrogens with one attached hydrogen (secondary N) is 1. The van der Waals surface area contributed by atoms with Crippen molar-refractivity contribution in [2.24, 2.45) is 10.7 Å². The first-order valence-corrected chi connectivity index (χ1v) is 12.0. The van der Waals surface area contributed by atoms with Crippen molar-refractivity contribution >= 4 is 27.7 Å². The largest absolute Gasteiger partial charge is 0.497 e. The maximum Gasteiger partial charge on any atom is 0.321 e. The highest BCUT2D eigenvalue weighted by Crippen LogP contribution is 2.33. The van der Waals surface area contributed by atoms with E-state index in [9.17, 15) is 13.2 Å². The molecule has 0 aromatic heterocycles. The molecule has 3 N–H and O–H groups in total. The van der Waals surface area contributed by atoms with E-state index in [1.165, 1.54) is 6.07 Å². The number of nitrogens with two attached hydrogens (primary N) is 1. The van der Waals surface area contributed by atoms with E-state index in [0.717, 1.165) is 27.5 Å². The highest BCUT2D eigenvalue weighted by molar-refractivity contribution is 7.89. The van der Waals surface area contributed by atoms with E-state index in [1.807, 2.05) is 19.1 Å². The molecule has 2 aliphatic rings. The van der Waals surface area contributed by atoms with E-state index in [1.54, 1.807) is 36.3 Å². The van der Waals surface area contributed by atoms with Crippen molar-refractivity contribution in [2.45, 2.75) is 30.7 Å². The molecular formula is C22H27N5O4S. The van der Waals surface area contributed by atoms with Gasteiger partial charge in [0.15, 0.2) is 0 Å². The summed E-state index contributed by atoms with van der Waals surface area (Å²) in [6.45, 7) is 3.23. The molecule has 0 aliphatic carbocycles. The van der Waals surface area contributed by atoms with Crippen molar-refractivity contribution in [3.63, 3.8) is 0 Å². The summed E-state index contributed by atoms with van der Waals surface area (Å²) in [6, 6.07) is 11.6. The predicted octanol–water partition coefficient (Wildman–Crippen LogP) is 2.24. The number of hydrogen-bond donors (Lipinski definition) is 2. The van der Waals surface area contributed by atoms with Crippen LogP contribution >= 0.6 is 0 Å². The second-order valence-corrected chi connectivity index (χ2v) is 9.60. The molecule has 2 aliphatic heterocycles. The number of guanidine groups is 1. The van der Waals surface area contributed by atoms with Crippen LogP contribution in [0.4, 0.5) is 10.5 Å². The van der Waals surface area contributed by atoms with Crippen molar-refractivity contribution in [2.75, 3.05) is 31.6 Å². The summed E-state index contributed by atoms with van der Waals surface area (Å²) in [5, 5.41) is 2.86. The fourth-order valence-electron chi connectivity index (χ4n) is 3.95. The van der Waals surface area contributed by atoms with Crippen molar-refractivity contribution in [3.8, 4) is 5.75 Å². The zero-order chi connectivity index (χ0) is 22.9. The third kappa shape index (κ3) is 3.97. The summed E-state index contributed by atoms with van der Waals surface area (Å²) in [5.74, 6) is 0.677. The molecule has 2 aromatic rings. The van der Waals surface area contributed by atoms with Crippen LogP contribution in [0, 0.1) is 0 Å². The van der Waals surface area contributed by atoms with Crippen LogP contribution in [0.5, 0.6) is 5.75 Å². The summed E-state index contributed by atoms with van der Waals surface area (Å²) in [7, 11) is -2.30. The van der Waals surface area contributed by atoms with Gasteiger partial charge in [-0.25, -0.2) is 22.5 Å². The van der Waals surface area contributed by atoms with Crippen LogP contribution in [-0.4, -0.2) is 51.5 Å². The molecule has 4 rings (SSSR count). The zero-order valence-corrected chi connectivity index (χ0v) is 18.9. The highest BCUT2D eigenvalue weighted by atomic mass is 32.2. The van der Waals surface area contributed by atoms with Crippen molar-refractivity contribution in [1.29, 1.82) is 0 Å². The van der Waals surface area contributed by atoms with Gasteiger partial charge in [-0.1, -0.05) is 19.1 Å². The first kappa shape index (κ1) is 21.9. The van der Waals surface area contributed by atoms with Gasteiger partial charge < -0.3 is 15.8 Å². The second-order valence-electron chi connectivity index (χ2n) is 7.74. The fraction of sp³-hybridized carbons (Fsp3) is 0.364. The minimum Gasteiger partial charge on any atom is -0.497 e. The third-order valence-corrected chi connectivity index (χ3v) is 7.45. The van der Waals surface area contributed by atoms with Crippen LogP contribution in [0.1, 0.15) is 30.5 Å². The van der Waals surface area contributed by atoms with Gasteiger partial charge >= 0.3 is 6.03 Å². The van der Waals surface area contributed by atoms with E-state index < -0.39 is 10.0 Å². The van der Waals surface area contributed by atoms with Crippen LogP contribution in [0.25, 0.3) is 0 Å². The molecule has 2 aromatic carbocycles. The summed E-state index contributed by atoms with van der Waals surface area (Å²) in [5.41, 5.74) is 8.43. The molecular weight excluding hydrogens is 430 g/mol. The molecule has 0 saturated carbocycles. The van der Waals surface area contributed by atoms with Crippen molar-refractivity contribution < 1.29 is 17.9 Å². The molecule has 2 heterocycles. The number of aliphatic imine (C=N–C) groups is 1. The minimum atomic E-state index is -3.88. The van der Waals surface area contributed by atoms with E-state index in [0.29, 0.717) is 25.3 Å². The molecule has 32 heavy (non-hydrogen) atoms. The van der Waals surface area contributed by atoms with Gasteiger partial charge in [-0.3, -0.25) is 4.90 Å². The number of benzene rings is 2. The number of methoxy groups -OCH3 is 1. The maximum absolute atomic E-state index is 13.3. The number of anilines is 1. The Morgan fingerprint density at radius 1 is 1.25 bits per heavy atom. The zero-order valence-electron chi connectivity index (χ0n) is 18.1. The van der Waals surface area contributed by atoms with E-state index in [2.05, 4.69) is 10.3 Å². The lowest BCUT2D eigenvalue weighted by atomic mass is 10.1. The minimum absolute atomic E-state index is 0.0353. The molecule has 0 radical (unpaired) electrons. The standard InChI is InChI=1S/C22H27N5O4S/c1-3-11-24-22(28)26-12-10-16-13-18(8-9-20(16)26)32(29,30)27-14-19(25-21(27)23)15-4-6-17(31-2)7-5-15/h4-9,13,19H,3,10-12,14H2,1-2H3,(H2,23,25)(H,24,28)/t19-/m1/s1. The Labute approximate surface area is 187 Å². The lowest BCUT2D eigenvalue weighted by molar-refractivity contribution is 0.247. The third-order valence-electron chi connectivity index (χ3n) is 5.69. The second kappa shape index (κ2) is 8.70. The van der Waals surface area contributed by atoms with E-state index in [4.69, 9.17) is 10.5 Å². The highest BCUT2D eigenvalue weighted by Gasteiger charge is 2.35. The van der Waals surface area contributed by atoms with Crippen LogP contribution in [0.3, 0.4) is 0 Å². The number of carbonyl (C=O) groups is 1. The molecule has 2 amide bonds. The van der Waals surface area contributed by atoms with Crippen molar-refractivity contribution in [3.05, 3.63) is 53.6 Å². The Kier molecular flexibility index (Phi) is 5.96. The maximum atomic E-state index is 13.3. The molecule has 0 spiro atoms. The number of rotatable bonds is 6. The van der Waals surface area contributed by atoms with Gasteiger partial charge in [0.2, 0.25) is 5.96 Å². The first-order valence-electron chi connectivity index (χ1n) is 10.5. The summed E-state index contributed by atoms with van der Waals surface area (Å²) in [4.78, 5) is 18.5. The van der Waals surface area contributed by atoms with Gasteiger partial charge in [0.05, 0.1) is 24.6 Å². The number of urea groups is 1. The molecule has 1 atom stereocenters. The summed E-state index contributed by atoms with van der Waals surface area (Å²) < 4.78 is 33.0. The molecule has 0 fully saturated rings. The van der Waals surface area contributed by atoms with Crippen LogP contribution in [-0.2, 0) is 16.4 Å². The van der Waals surface area contributed by atoms with Gasteiger partial charge in [-0.15, -0.1) is 0 Å². The average molecular weight is 458 g/mol. The lowest BCUT2D eigenvalue weighted by Gasteiger charge is -2.20. The van der Waals surface area contributed by atoms with Crippen LogP contribution in [0.2, 0.25) is 0 Å². The Morgan fingerprint density at radius 2 is 2.00 bits per heavy atom. The molecule has 0 unspecified atom stereocenters. The fourth-order valence-corrected chi connectivity index (χ4v) is 5.36. The van der Waals surface area contributed by atoms with Crippen molar-refractivity contribution in [1.82, 2.24) is 9.62 Å². The van der Waals surface area contributed by atoms with Gasteiger partial charge in [0.25, 0.3) is 10.0 Å². The average Bonchev–Trinajstić information content (AvgIpc) is 3.41. The van der Waals surface area contributed by atoms with Gasteiger partial charge in [0, 0.05) is 18.8 Å². The summed E-state index contributed by atoms with van der Waals surface area (Å²) in [6.07, 6.45) is 1.44. The summed E-state index contributed by atoms with van der Waals surface area (Å²) >= 11 is 0.